The van der Waals surface area contributed by atoms with Crippen LogP contribution in [0, 0.1) is 6.92 Å². The molecule has 4 aromatic rings. The van der Waals surface area contributed by atoms with Gasteiger partial charge in [0.2, 0.25) is 0 Å². The highest BCUT2D eigenvalue weighted by Gasteiger charge is 2.51. The number of carbonyl (C=O) groups excluding carboxylic acids is 1. The van der Waals surface area contributed by atoms with Gasteiger partial charge in [0, 0.05) is 12.5 Å². The molecule has 0 N–H and O–H groups in total. The minimum atomic E-state index is -4.16. The van der Waals surface area contributed by atoms with Crippen molar-refractivity contribution in [1.82, 2.24) is 0 Å². The van der Waals surface area contributed by atoms with Crippen LogP contribution in [0.5, 0.6) is 0 Å². The van der Waals surface area contributed by atoms with Gasteiger partial charge in [-0.05, 0) is 53.0 Å². The van der Waals surface area contributed by atoms with Gasteiger partial charge >= 0.3 is 5.97 Å². The number of ether oxygens (including phenoxy) is 1. The highest BCUT2D eigenvalue weighted by molar-refractivity contribution is 7.86. The van der Waals surface area contributed by atoms with E-state index in [1.165, 1.54) is 12.1 Å². The van der Waals surface area contributed by atoms with Gasteiger partial charge in [0.15, 0.2) is 0 Å². The zero-order valence-electron chi connectivity index (χ0n) is 26.8. The standard InChI is InChI=1S/C37H44O6SSi/c1-6-16-31(43-45(37(3,4)5,34-19-12-8-13-20-34)35-21-14-9-15-22-35)27-32(28-41-36(38)30-17-10-7-11-18-30)42-44(39,40)33-25-23-29(2)24-26-33/h7-15,17-26,31-32H,6,16,27-28H2,1-5H3/t31-,32-/m0/s1. The Labute approximate surface area is 269 Å². The molecule has 0 spiro atoms. The van der Waals surface area contributed by atoms with Crippen molar-refractivity contribution in [3.05, 3.63) is 126 Å². The summed E-state index contributed by atoms with van der Waals surface area (Å²) in [7, 11) is -7.12. The third-order valence-electron chi connectivity index (χ3n) is 7.88. The SMILES string of the molecule is CCC[C@@H](C[C@@H](COC(=O)c1ccccc1)OS(=O)(=O)c1ccc(C)cc1)O[Si](c1ccccc1)(c1ccccc1)C(C)(C)C. The van der Waals surface area contributed by atoms with Crippen LogP contribution in [0.25, 0.3) is 0 Å². The van der Waals surface area contributed by atoms with Crippen LogP contribution < -0.4 is 10.4 Å². The summed E-state index contributed by atoms with van der Waals surface area (Å²) in [6.45, 7) is 10.3. The third-order valence-corrected chi connectivity index (χ3v) is 14.3. The van der Waals surface area contributed by atoms with Gasteiger partial charge in [-0.15, -0.1) is 0 Å². The molecule has 0 aliphatic rings. The van der Waals surface area contributed by atoms with Gasteiger partial charge in [-0.25, -0.2) is 4.79 Å². The molecule has 0 fully saturated rings. The highest BCUT2D eigenvalue weighted by Crippen LogP contribution is 2.38. The number of benzene rings is 4. The first-order valence-corrected chi connectivity index (χ1v) is 18.8. The lowest BCUT2D eigenvalue weighted by molar-refractivity contribution is 0.0200. The molecular weight excluding hydrogens is 601 g/mol. The molecule has 0 radical (unpaired) electrons. The van der Waals surface area contributed by atoms with Gasteiger partial charge in [-0.2, -0.15) is 8.42 Å². The van der Waals surface area contributed by atoms with Crippen molar-refractivity contribution in [3.63, 3.8) is 0 Å². The normalized spacial score (nSPS) is 13.6. The van der Waals surface area contributed by atoms with Gasteiger partial charge in [0.05, 0.1) is 10.5 Å². The zero-order chi connectivity index (χ0) is 32.5. The largest absolute Gasteiger partial charge is 0.459 e. The lowest BCUT2D eigenvalue weighted by atomic mass is 10.1. The summed E-state index contributed by atoms with van der Waals surface area (Å²) in [4.78, 5) is 13.0. The summed E-state index contributed by atoms with van der Waals surface area (Å²) in [5, 5.41) is 1.99. The maximum absolute atomic E-state index is 13.5. The maximum Gasteiger partial charge on any atom is 0.338 e. The molecule has 45 heavy (non-hydrogen) atoms. The van der Waals surface area contributed by atoms with Crippen molar-refractivity contribution in [2.75, 3.05) is 6.61 Å². The molecule has 4 aromatic carbocycles. The quantitative estimate of drug-likeness (QED) is 0.0831. The number of aryl methyl sites for hydroxylation is 1. The average molecular weight is 645 g/mol. The Morgan fingerprint density at radius 3 is 1.76 bits per heavy atom. The molecule has 0 unspecified atom stereocenters. The lowest BCUT2D eigenvalue weighted by Crippen LogP contribution is -2.67. The number of hydrogen-bond acceptors (Lipinski definition) is 6. The minimum absolute atomic E-state index is 0.0485. The molecular formula is C37H44O6SSi. The molecule has 0 saturated heterocycles. The second kappa shape index (κ2) is 15.1. The van der Waals surface area contributed by atoms with E-state index in [0.29, 0.717) is 12.0 Å². The van der Waals surface area contributed by atoms with Crippen molar-refractivity contribution in [2.45, 2.75) is 76.0 Å². The van der Waals surface area contributed by atoms with Gasteiger partial charge in [-0.1, -0.05) is 131 Å². The van der Waals surface area contributed by atoms with Crippen LogP contribution in [0.1, 0.15) is 62.9 Å². The summed E-state index contributed by atoms with van der Waals surface area (Å²) < 4.78 is 45.9. The van der Waals surface area contributed by atoms with Crippen molar-refractivity contribution in [2.24, 2.45) is 0 Å². The summed E-state index contributed by atoms with van der Waals surface area (Å²) in [6.07, 6.45) is 0.339. The van der Waals surface area contributed by atoms with E-state index in [0.717, 1.165) is 22.4 Å². The van der Waals surface area contributed by atoms with Crippen LogP contribution in [0.4, 0.5) is 0 Å². The number of esters is 1. The second-order valence-corrected chi connectivity index (χ2v) is 18.2. The minimum Gasteiger partial charge on any atom is -0.459 e. The van der Waals surface area contributed by atoms with Gasteiger partial charge in [0.25, 0.3) is 18.4 Å². The average Bonchev–Trinajstić information content (AvgIpc) is 3.03. The Balaban J connectivity index is 1.72. The van der Waals surface area contributed by atoms with Crippen LogP contribution in [0.15, 0.2) is 120 Å². The Morgan fingerprint density at radius 2 is 1.27 bits per heavy atom. The summed E-state index contributed by atoms with van der Waals surface area (Å²) in [5.74, 6) is -0.545. The fourth-order valence-electron chi connectivity index (χ4n) is 5.68. The Bertz CT molecular complexity index is 1560. The molecule has 4 rings (SSSR count). The van der Waals surface area contributed by atoms with Crippen LogP contribution >= 0.6 is 0 Å². The molecule has 0 aliphatic carbocycles. The van der Waals surface area contributed by atoms with Crippen molar-refractivity contribution in [1.29, 1.82) is 0 Å². The van der Waals surface area contributed by atoms with E-state index < -0.39 is 30.5 Å². The molecule has 6 nitrogen and oxygen atoms in total. The van der Waals surface area contributed by atoms with E-state index in [2.05, 4.69) is 52.0 Å². The maximum atomic E-state index is 13.5. The van der Waals surface area contributed by atoms with Crippen molar-refractivity contribution < 1.29 is 26.6 Å². The van der Waals surface area contributed by atoms with E-state index in [-0.39, 0.29) is 29.1 Å². The lowest BCUT2D eigenvalue weighted by Gasteiger charge is -2.45. The van der Waals surface area contributed by atoms with E-state index in [4.69, 9.17) is 13.3 Å². The first-order chi connectivity index (χ1) is 21.5. The Morgan fingerprint density at radius 1 is 0.756 bits per heavy atom. The van der Waals surface area contributed by atoms with E-state index in [9.17, 15) is 13.2 Å². The summed E-state index contributed by atoms with van der Waals surface area (Å²) >= 11 is 0. The van der Waals surface area contributed by atoms with Crippen molar-refractivity contribution >= 4 is 34.8 Å². The predicted molar refractivity (Wildman–Crippen MR) is 182 cm³/mol. The molecule has 8 heteroatoms. The molecule has 238 valence electrons. The van der Waals surface area contributed by atoms with E-state index in [1.54, 1.807) is 36.4 Å². The monoisotopic (exact) mass is 644 g/mol. The molecule has 0 aromatic heterocycles. The number of carbonyl (C=O) groups is 1. The second-order valence-electron chi connectivity index (χ2n) is 12.4. The molecule has 0 saturated carbocycles. The van der Waals surface area contributed by atoms with Crippen molar-refractivity contribution in [3.8, 4) is 0 Å². The van der Waals surface area contributed by atoms with Crippen LogP contribution in [-0.4, -0.2) is 41.5 Å². The predicted octanol–water partition coefficient (Wildman–Crippen LogP) is 7.06. The highest BCUT2D eigenvalue weighted by atomic mass is 32.2. The Hall–Kier alpha value is -3.56. The summed E-state index contributed by atoms with van der Waals surface area (Å²) in [6, 6.07) is 35.8. The fraction of sp³-hybridized carbons (Fsp3) is 0.324. The molecule has 0 heterocycles. The number of rotatable bonds is 14. The van der Waals surface area contributed by atoms with Gasteiger partial charge in [-0.3, -0.25) is 4.18 Å². The fourth-order valence-corrected chi connectivity index (χ4v) is 11.5. The smallest absolute Gasteiger partial charge is 0.338 e. The molecule has 0 aliphatic heterocycles. The molecule has 2 atom stereocenters. The van der Waals surface area contributed by atoms with Crippen LogP contribution in [0.3, 0.4) is 0 Å². The Kier molecular flexibility index (Phi) is 11.5. The third kappa shape index (κ3) is 8.58. The van der Waals surface area contributed by atoms with E-state index in [1.807, 2.05) is 49.4 Å². The topological polar surface area (TPSA) is 78.9 Å². The number of hydrogen-bond donors (Lipinski definition) is 0. The first kappa shape index (κ1) is 34.3. The van der Waals surface area contributed by atoms with Crippen LogP contribution in [0.2, 0.25) is 5.04 Å². The summed E-state index contributed by atoms with van der Waals surface area (Å²) in [5.41, 5.74) is 1.32. The first-order valence-electron chi connectivity index (χ1n) is 15.5. The van der Waals surface area contributed by atoms with Gasteiger partial charge < -0.3 is 9.16 Å². The molecule has 0 bridgehead atoms. The van der Waals surface area contributed by atoms with Gasteiger partial charge in [0.1, 0.15) is 12.7 Å². The van der Waals surface area contributed by atoms with E-state index >= 15 is 0 Å². The van der Waals surface area contributed by atoms with Crippen LogP contribution in [-0.2, 0) is 23.5 Å². The molecule has 0 amide bonds. The zero-order valence-corrected chi connectivity index (χ0v) is 28.6.